The van der Waals surface area contributed by atoms with E-state index in [1.54, 1.807) is 29.8 Å². The summed E-state index contributed by atoms with van der Waals surface area (Å²) < 4.78 is 46.1. The lowest BCUT2D eigenvalue weighted by molar-refractivity contribution is -0.192. The summed E-state index contributed by atoms with van der Waals surface area (Å²) in [6.45, 7) is 6.90. The number of carbonyl (C=O) groups excluding carboxylic acids is 1. The lowest BCUT2D eigenvalue weighted by Gasteiger charge is -2.23. The van der Waals surface area contributed by atoms with E-state index in [0.29, 0.717) is 13.1 Å². The normalized spacial score (nSPS) is 16.4. The molecule has 2 aliphatic rings. The molecule has 2 saturated heterocycles. The van der Waals surface area contributed by atoms with Crippen LogP contribution in [0.15, 0.2) is 36.7 Å². The summed E-state index contributed by atoms with van der Waals surface area (Å²) in [5.74, 6) is -2.09. The molecule has 0 bridgehead atoms. The molecule has 2 aliphatic heterocycles. The number of amides is 2. The summed E-state index contributed by atoms with van der Waals surface area (Å²) in [5.41, 5.74) is 1.86. The molecule has 14 heteroatoms. The molecule has 40 heavy (non-hydrogen) atoms. The number of benzene rings is 1. The Hall–Kier alpha value is -3.52. The van der Waals surface area contributed by atoms with Crippen LogP contribution < -0.4 is 10.2 Å². The van der Waals surface area contributed by atoms with Crippen LogP contribution in [0.1, 0.15) is 19.3 Å². The number of aliphatic carboxylic acids is 1. The maximum absolute atomic E-state index is 13.3. The van der Waals surface area contributed by atoms with Gasteiger partial charge in [-0.3, -0.25) is 0 Å². The van der Waals surface area contributed by atoms with Crippen molar-refractivity contribution in [1.29, 1.82) is 0 Å². The molecule has 5 rings (SSSR count). The minimum absolute atomic E-state index is 0.0265. The first-order valence-electron chi connectivity index (χ1n) is 12.9. The van der Waals surface area contributed by atoms with Crippen LogP contribution in [0, 0.1) is 5.82 Å². The molecular weight excluding hydrogens is 552 g/mol. The second kappa shape index (κ2) is 13.2. The standard InChI is InChI=1S/C24H29FN6OS.C2HF3O2/c25-19-6-4-18(5-7-19)21-16-20-22(33-21)23(28-17-27-20)30-11-3-12-31(15-14-30)24(32)26-8-13-29-9-1-2-10-29;3-2(4,5)1(6)7/h4-7,16-17H,1-3,8-15H2,(H,26,32);(H,6,7). The highest BCUT2D eigenvalue weighted by atomic mass is 32.1. The van der Waals surface area contributed by atoms with Gasteiger partial charge in [0.25, 0.3) is 0 Å². The maximum Gasteiger partial charge on any atom is 0.490 e. The number of carboxylic acid groups (broad SMARTS) is 1. The van der Waals surface area contributed by atoms with Crippen molar-refractivity contribution in [3.05, 3.63) is 42.5 Å². The van der Waals surface area contributed by atoms with Crippen LogP contribution in [-0.4, -0.2) is 95.4 Å². The fourth-order valence-electron chi connectivity index (χ4n) is 4.59. The number of urea groups is 1. The number of carboxylic acids is 1. The predicted molar refractivity (Wildman–Crippen MR) is 144 cm³/mol. The van der Waals surface area contributed by atoms with Crippen LogP contribution in [0.5, 0.6) is 0 Å². The van der Waals surface area contributed by atoms with Crippen molar-refractivity contribution in [3.63, 3.8) is 0 Å². The Morgan fingerprint density at radius 1 is 0.975 bits per heavy atom. The SMILES string of the molecule is O=C(NCCN1CCCC1)N1CCCN(c2ncnc3cc(-c4ccc(F)cc4)sc23)CC1.O=C(O)C(F)(F)F. The second-order valence-electron chi connectivity index (χ2n) is 9.44. The van der Waals surface area contributed by atoms with Gasteiger partial charge in [0.15, 0.2) is 0 Å². The highest BCUT2D eigenvalue weighted by molar-refractivity contribution is 7.22. The third-order valence-corrected chi connectivity index (χ3v) is 7.82. The van der Waals surface area contributed by atoms with Crippen molar-refractivity contribution in [2.75, 3.05) is 57.3 Å². The number of rotatable bonds is 5. The van der Waals surface area contributed by atoms with Gasteiger partial charge in [0.1, 0.15) is 18.0 Å². The van der Waals surface area contributed by atoms with Gasteiger partial charge in [-0.15, -0.1) is 11.3 Å². The monoisotopic (exact) mass is 582 g/mol. The Balaban J connectivity index is 0.000000470. The van der Waals surface area contributed by atoms with Gasteiger partial charge in [-0.1, -0.05) is 12.1 Å². The maximum atomic E-state index is 13.3. The van der Waals surface area contributed by atoms with E-state index in [0.717, 1.165) is 72.2 Å². The van der Waals surface area contributed by atoms with Crippen LogP contribution in [0.2, 0.25) is 0 Å². The summed E-state index contributed by atoms with van der Waals surface area (Å²) in [5, 5.41) is 10.2. The van der Waals surface area contributed by atoms with Gasteiger partial charge in [0, 0.05) is 44.1 Å². The minimum atomic E-state index is -5.08. The molecule has 0 atom stereocenters. The van der Waals surface area contributed by atoms with Crippen LogP contribution in [0.25, 0.3) is 20.7 Å². The Morgan fingerprint density at radius 2 is 1.68 bits per heavy atom. The number of hydrogen-bond acceptors (Lipinski definition) is 7. The van der Waals surface area contributed by atoms with E-state index in [1.165, 1.54) is 25.0 Å². The average molecular weight is 583 g/mol. The van der Waals surface area contributed by atoms with Crippen LogP contribution in [-0.2, 0) is 4.79 Å². The molecule has 0 unspecified atom stereocenters. The molecular formula is C26H30F4N6O3S. The van der Waals surface area contributed by atoms with E-state index < -0.39 is 12.1 Å². The van der Waals surface area contributed by atoms with Crippen molar-refractivity contribution >= 4 is 39.4 Å². The number of thiophene rings is 1. The predicted octanol–water partition coefficient (Wildman–Crippen LogP) is 4.45. The van der Waals surface area contributed by atoms with Gasteiger partial charge in [0.2, 0.25) is 0 Å². The van der Waals surface area contributed by atoms with Gasteiger partial charge in [-0.25, -0.2) is 23.9 Å². The zero-order valence-electron chi connectivity index (χ0n) is 21.7. The molecule has 0 aliphatic carbocycles. The number of nitrogens with one attached hydrogen (secondary N) is 1. The number of halogens is 4. The third-order valence-electron chi connectivity index (χ3n) is 6.65. The quantitative estimate of drug-likeness (QED) is 0.429. The van der Waals surface area contributed by atoms with Crippen LogP contribution in [0.3, 0.4) is 0 Å². The van der Waals surface area contributed by atoms with Crippen molar-refractivity contribution in [2.45, 2.75) is 25.4 Å². The lowest BCUT2D eigenvalue weighted by Crippen LogP contribution is -2.44. The van der Waals surface area contributed by atoms with Crippen LogP contribution >= 0.6 is 11.3 Å². The smallest absolute Gasteiger partial charge is 0.475 e. The number of nitrogens with zero attached hydrogens (tertiary/aromatic N) is 5. The number of aromatic nitrogens is 2. The molecule has 1 aromatic carbocycles. The molecule has 0 saturated carbocycles. The number of carbonyl (C=O) groups is 2. The van der Waals surface area contributed by atoms with Crippen molar-refractivity contribution < 1.29 is 32.3 Å². The highest BCUT2D eigenvalue weighted by Gasteiger charge is 2.38. The molecule has 0 spiro atoms. The van der Waals surface area contributed by atoms with Gasteiger partial charge in [0.05, 0.1) is 10.2 Å². The number of fused-ring (bicyclic) bond motifs is 1. The Labute approximate surface area is 232 Å². The van der Waals surface area contributed by atoms with E-state index in [2.05, 4.69) is 25.1 Å². The highest BCUT2D eigenvalue weighted by Crippen LogP contribution is 2.37. The summed E-state index contributed by atoms with van der Waals surface area (Å²) in [6, 6.07) is 8.60. The molecule has 2 fully saturated rings. The molecule has 4 heterocycles. The first-order chi connectivity index (χ1) is 19.1. The van der Waals surface area contributed by atoms with Crippen LogP contribution in [0.4, 0.5) is 28.2 Å². The Morgan fingerprint density at radius 3 is 2.35 bits per heavy atom. The first-order valence-corrected chi connectivity index (χ1v) is 13.7. The van der Waals surface area contributed by atoms with Crippen molar-refractivity contribution in [1.82, 2.24) is 25.1 Å². The summed E-state index contributed by atoms with van der Waals surface area (Å²) in [7, 11) is 0. The molecule has 3 aromatic rings. The summed E-state index contributed by atoms with van der Waals surface area (Å²) in [4.78, 5) is 38.3. The van der Waals surface area contributed by atoms with Gasteiger partial charge in [-0.2, -0.15) is 13.2 Å². The fourth-order valence-corrected chi connectivity index (χ4v) is 5.73. The lowest BCUT2D eigenvalue weighted by atomic mass is 10.2. The average Bonchev–Trinajstić information content (AvgIpc) is 3.53. The zero-order valence-corrected chi connectivity index (χ0v) is 22.5. The van der Waals surface area contributed by atoms with Gasteiger partial charge < -0.3 is 25.1 Å². The molecule has 2 N–H and O–H groups in total. The number of hydrogen-bond donors (Lipinski definition) is 2. The Bertz CT molecular complexity index is 1300. The summed E-state index contributed by atoms with van der Waals surface area (Å²) >= 11 is 1.63. The molecule has 9 nitrogen and oxygen atoms in total. The number of likely N-dealkylation sites (tertiary alicyclic amines) is 1. The summed E-state index contributed by atoms with van der Waals surface area (Å²) in [6.07, 6.45) is -0.0581. The largest absolute Gasteiger partial charge is 0.490 e. The molecule has 2 amide bonds. The minimum Gasteiger partial charge on any atom is -0.475 e. The fraction of sp³-hybridized carbons (Fsp3) is 0.462. The van der Waals surface area contributed by atoms with E-state index in [4.69, 9.17) is 9.90 Å². The second-order valence-corrected chi connectivity index (χ2v) is 10.5. The molecule has 0 radical (unpaired) electrons. The molecule has 216 valence electrons. The van der Waals surface area contributed by atoms with Gasteiger partial charge in [-0.05, 0) is 56.1 Å². The van der Waals surface area contributed by atoms with E-state index in [1.807, 2.05) is 11.0 Å². The zero-order chi connectivity index (χ0) is 28.7. The van der Waals surface area contributed by atoms with E-state index in [9.17, 15) is 22.4 Å². The van der Waals surface area contributed by atoms with Gasteiger partial charge >= 0.3 is 18.2 Å². The number of anilines is 1. The van der Waals surface area contributed by atoms with Crippen molar-refractivity contribution in [3.8, 4) is 10.4 Å². The Kier molecular flexibility index (Phi) is 9.74. The third kappa shape index (κ3) is 7.78. The first kappa shape index (κ1) is 29.5. The topological polar surface area (TPSA) is 102 Å². The molecule has 2 aromatic heterocycles. The number of alkyl halides is 3. The van der Waals surface area contributed by atoms with E-state index >= 15 is 0 Å². The van der Waals surface area contributed by atoms with E-state index in [-0.39, 0.29) is 11.8 Å². The van der Waals surface area contributed by atoms with Crippen molar-refractivity contribution in [2.24, 2.45) is 0 Å².